The number of likely N-dealkylation sites (N-methyl/N-ethyl adjacent to an activating group) is 1. The molecule has 0 atom stereocenters. The number of carbonyl (C=O) groups excluding carboxylic acids is 2. The van der Waals surface area contributed by atoms with E-state index in [1.165, 1.54) is 14.0 Å². The Kier molecular flexibility index (Phi) is 10.2. The minimum Gasteiger partial charge on any atom is -0.466 e. The molecule has 0 amide bonds. The fourth-order valence-electron chi connectivity index (χ4n) is 5.40. The number of esters is 2. The van der Waals surface area contributed by atoms with Gasteiger partial charge in [-0.1, -0.05) is 17.7 Å². The molecule has 0 saturated heterocycles. The largest absolute Gasteiger partial charge is 0.466 e. The normalized spacial score (nSPS) is 13.0. The second kappa shape index (κ2) is 13.6. The van der Waals surface area contributed by atoms with Gasteiger partial charge in [0.05, 0.1) is 36.6 Å². The van der Waals surface area contributed by atoms with Crippen LogP contribution >= 0.6 is 23.4 Å². The Hall–Kier alpha value is -3.28. The zero-order valence-corrected chi connectivity index (χ0v) is 25.4. The molecule has 0 saturated carbocycles. The molecule has 41 heavy (non-hydrogen) atoms. The number of fused-ring (bicyclic) bond motifs is 2. The molecule has 220 valence electrons. The summed E-state index contributed by atoms with van der Waals surface area (Å²) in [6.07, 6.45) is 4.56. The summed E-state index contributed by atoms with van der Waals surface area (Å²) in [5, 5.41) is 27.0. The number of rotatable bonds is 13. The fraction of sp³-hybridized carbons (Fsp3) is 0.448. The van der Waals surface area contributed by atoms with Gasteiger partial charge in [-0.2, -0.15) is 5.10 Å². The molecule has 0 spiro atoms. The smallest absolute Gasteiger partial charge is 0.354 e. The molecular formula is C29H36ClN5O5S. The van der Waals surface area contributed by atoms with Crippen LogP contribution in [-0.4, -0.2) is 70.2 Å². The van der Waals surface area contributed by atoms with Gasteiger partial charge >= 0.3 is 11.9 Å². The molecule has 4 rings (SSSR count). The highest BCUT2D eigenvalue weighted by Crippen LogP contribution is 2.44. The maximum absolute atomic E-state index is 13.0. The van der Waals surface area contributed by atoms with Gasteiger partial charge in [0.25, 0.3) is 0 Å². The van der Waals surface area contributed by atoms with Gasteiger partial charge in [0.2, 0.25) is 0 Å². The molecule has 3 heterocycles. The predicted molar refractivity (Wildman–Crippen MR) is 162 cm³/mol. The maximum Gasteiger partial charge on any atom is 0.354 e. The quantitative estimate of drug-likeness (QED) is 0.150. The minimum atomic E-state index is -0.445. The van der Waals surface area contributed by atoms with Crippen LogP contribution in [0.4, 0.5) is 0 Å². The molecule has 0 fully saturated rings. The summed E-state index contributed by atoms with van der Waals surface area (Å²) in [7, 11) is 4.92. The summed E-state index contributed by atoms with van der Waals surface area (Å²) in [5.41, 5.74) is 6.86. The third-order valence-corrected chi connectivity index (χ3v) is 8.47. The Balaban J connectivity index is 1.78. The lowest BCUT2D eigenvalue weighted by Crippen LogP contribution is -2.12. The number of thioether (sulfide) groups is 1. The Labute approximate surface area is 248 Å². The van der Waals surface area contributed by atoms with Crippen molar-refractivity contribution in [1.82, 2.24) is 19.7 Å². The standard InChI is InChI=1S/C29H36ClN5O5S/c1-17(37)40-12-6-7-20-21-9-10-22(30)25(27(21)34(3)28(20)29(38)39-4)26-23(33-35-11-5-8-24(26)35)16-41-15-18(31)13-19(14-36)32-2/h9-10,13,31-32,36H,5-8,11-12,14-16H2,1-4H3/b19-13-,31-18?. The molecular weight excluding hydrogens is 566 g/mol. The molecule has 0 bridgehead atoms. The number of nitrogens with zero attached hydrogens (tertiary/aromatic N) is 3. The monoisotopic (exact) mass is 601 g/mol. The highest BCUT2D eigenvalue weighted by molar-refractivity contribution is 7.99. The molecule has 1 aromatic carbocycles. The third kappa shape index (κ3) is 6.47. The lowest BCUT2D eigenvalue weighted by Gasteiger charge is -2.12. The summed E-state index contributed by atoms with van der Waals surface area (Å²) >= 11 is 8.52. The van der Waals surface area contributed by atoms with Crippen LogP contribution in [0.2, 0.25) is 5.02 Å². The Morgan fingerprint density at radius 2 is 2.10 bits per heavy atom. The summed E-state index contributed by atoms with van der Waals surface area (Å²) < 4.78 is 14.2. The van der Waals surface area contributed by atoms with Gasteiger partial charge < -0.3 is 29.9 Å². The highest BCUT2D eigenvalue weighted by atomic mass is 35.5. The van der Waals surface area contributed by atoms with E-state index >= 15 is 0 Å². The van der Waals surface area contributed by atoms with E-state index < -0.39 is 5.97 Å². The van der Waals surface area contributed by atoms with Crippen LogP contribution in [0.25, 0.3) is 22.0 Å². The molecule has 1 aliphatic heterocycles. The molecule has 10 nitrogen and oxygen atoms in total. The predicted octanol–water partition coefficient (Wildman–Crippen LogP) is 4.27. The summed E-state index contributed by atoms with van der Waals surface area (Å²) in [4.78, 5) is 24.3. The first-order valence-corrected chi connectivity index (χ1v) is 15.0. The number of benzene rings is 1. The van der Waals surface area contributed by atoms with E-state index in [0.29, 0.717) is 46.5 Å². The number of hydrogen-bond donors (Lipinski definition) is 3. The molecule has 0 unspecified atom stereocenters. The minimum absolute atomic E-state index is 0.153. The number of halogens is 1. The molecule has 2 aromatic heterocycles. The van der Waals surface area contributed by atoms with Gasteiger partial charge in [-0.15, -0.1) is 11.8 Å². The lowest BCUT2D eigenvalue weighted by molar-refractivity contribution is -0.141. The van der Waals surface area contributed by atoms with Crippen molar-refractivity contribution in [3.05, 3.63) is 51.6 Å². The topological polar surface area (TPSA) is 131 Å². The Bertz CT molecular complexity index is 1500. The van der Waals surface area contributed by atoms with E-state index in [-0.39, 0.29) is 19.2 Å². The number of methoxy groups -OCH3 is 1. The van der Waals surface area contributed by atoms with Crippen molar-refractivity contribution in [3.63, 3.8) is 0 Å². The van der Waals surface area contributed by atoms with Crippen LogP contribution in [0.5, 0.6) is 0 Å². The van der Waals surface area contributed by atoms with Crippen molar-refractivity contribution >= 4 is 51.9 Å². The van der Waals surface area contributed by atoms with Gasteiger partial charge in [-0.3, -0.25) is 9.48 Å². The van der Waals surface area contributed by atoms with Crippen molar-refractivity contribution < 1.29 is 24.2 Å². The van der Waals surface area contributed by atoms with E-state index in [2.05, 4.69) is 5.32 Å². The van der Waals surface area contributed by atoms with Gasteiger partial charge in [0, 0.05) is 72.7 Å². The van der Waals surface area contributed by atoms with Crippen LogP contribution in [-0.2, 0) is 46.5 Å². The van der Waals surface area contributed by atoms with Crippen molar-refractivity contribution in [2.24, 2.45) is 7.05 Å². The number of aliphatic hydroxyl groups is 1. The third-order valence-electron chi connectivity index (χ3n) is 7.16. The van der Waals surface area contributed by atoms with Crippen LogP contribution in [0.1, 0.15) is 47.2 Å². The van der Waals surface area contributed by atoms with Gasteiger partial charge in [0.15, 0.2) is 0 Å². The number of hydrogen-bond acceptors (Lipinski definition) is 9. The number of aryl methyl sites for hydroxylation is 3. The molecule has 3 aromatic rings. The van der Waals surface area contributed by atoms with E-state index in [9.17, 15) is 14.7 Å². The van der Waals surface area contributed by atoms with E-state index in [4.69, 9.17) is 31.6 Å². The average molecular weight is 602 g/mol. The van der Waals surface area contributed by atoms with Crippen LogP contribution in [0.3, 0.4) is 0 Å². The Morgan fingerprint density at radius 3 is 2.78 bits per heavy atom. The van der Waals surface area contributed by atoms with Crippen LogP contribution in [0, 0.1) is 5.41 Å². The molecule has 0 aliphatic carbocycles. The second-order valence-electron chi connectivity index (χ2n) is 9.83. The number of carbonyl (C=O) groups is 2. The zero-order chi connectivity index (χ0) is 29.7. The van der Waals surface area contributed by atoms with Crippen molar-refractivity contribution in [2.45, 2.75) is 44.9 Å². The van der Waals surface area contributed by atoms with Gasteiger partial charge in [0.1, 0.15) is 5.69 Å². The summed E-state index contributed by atoms with van der Waals surface area (Å²) in [6, 6.07) is 3.79. The lowest BCUT2D eigenvalue weighted by atomic mass is 9.97. The number of ether oxygens (including phenoxy) is 2. The van der Waals surface area contributed by atoms with Crippen molar-refractivity contribution in [3.8, 4) is 11.1 Å². The first-order valence-electron chi connectivity index (χ1n) is 13.5. The van der Waals surface area contributed by atoms with Crippen molar-refractivity contribution in [1.29, 1.82) is 5.41 Å². The summed E-state index contributed by atoms with van der Waals surface area (Å²) in [5.74, 6) is 0.233. The number of allylic oxidation sites excluding steroid dienone is 1. The van der Waals surface area contributed by atoms with Crippen LogP contribution < -0.4 is 5.32 Å². The number of aliphatic hydroxyl groups excluding tert-OH is 1. The number of nitrogens with one attached hydrogen (secondary N) is 2. The molecule has 1 aliphatic rings. The molecule has 12 heteroatoms. The van der Waals surface area contributed by atoms with Gasteiger partial charge in [-0.25, -0.2) is 4.79 Å². The highest BCUT2D eigenvalue weighted by Gasteiger charge is 2.30. The van der Waals surface area contributed by atoms with Gasteiger partial charge in [-0.05, 0) is 43.4 Å². The summed E-state index contributed by atoms with van der Waals surface area (Å²) in [6.45, 7) is 2.30. The second-order valence-corrected chi connectivity index (χ2v) is 11.2. The zero-order valence-electron chi connectivity index (χ0n) is 23.8. The Morgan fingerprint density at radius 1 is 1.32 bits per heavy atom. The van der Waals surface area contributed by atoms with E-state index in [1.54, 1.807) is 24.9 Å². The first kappa shape index (κ1) is 30.7. The SMILES string of the molecule is CN/C(=C\C(=N)CSCc1nn2c(c1-c1c(Cl)ccc3c(CCCOC(C)=O)c(C(=O)OC)n(C)c13)CCC2)CO. The average Bonchev–Trinajstić information content (AvgIpc) is 3.61. The van der Waals surface area contributed by atoms with E-state index in [1.807, 2.05) is 28.4 Å². The van der Waals surface area contributed by atoms with E-state index in [0.717, 1.165) is 58.4 Å². The number of aromatic nitrogens is 3. The van der Waals surface area contributed by atoms with Crippen molar-refractivity contribution in [2.75, 3.05) is 33.1 Å². The first-order chi connectivity index (χ1) is 19.7. The van der Waals surface area contributed by atoms with Crippen LogP contribution in [0.15, 0.2) is 23.9 Å². The molecule has 3 N–H and O–H groups in total. The fourth-order valence-corrected chi connectivity index (χ4v) is 6.44. The maximum atomic E-state index is 13.0. The molecule has 0 radical (unpaired) electrons.